The quantitative estimate of drug-likeness (QED) is 0.440. The monoisotopic (exact) mass is 205 g/mol. The van der Waals surface area contributed by atoms with Gasteiger partial charge < -0.3 is 15.4 Å². The fourth-order valence-electron chi connectivity index (χ4n) is 0.925. The Morgan fingerprint density at radius 1 is 1.15 bits per heavy atom. The predicted octanol–water partition coefficient (Wildman–Crippen LogP) is 1.04. The molecule has 4 N–H and O–H groups in total. The molecule has 1 aromatic carbocycles. The molecule has 0 spiro atoms. The Morgan fingerprint density at radius 2 is 1.85 bits per heavy atom. The molecule has 74 valence electrons. The molecule has 0 aliphatic rings. The molecule has 5 heteroatoms. The third-order valence-electron chi connectivity index (χ3n) is 1.57. The minimum atomic E-state index is -0.134. The van der Waals surface area contributed by atoms with E-state index in [2.05, 4.69) is 0 Å². The lowest BCUT2D eigenvalue weighted by Gasteiger charge is -2.01. The van der Waals surface area contributed by atoms with Gasteiger partial charge in [-0.05, 0) is 24.1 Å². The Labute approximate surface area is 82.2 Å². The van der Waals surface area contributed by atoms with E-state index in [0.717, 1.165) is 5.56 Å². The van der Waals surface area contributed by atoms with Gasteiger partial charge in [0.15, 0.2) is 11.5 Å². The van der Waals surface area contributed by atoms with Gasteiger partial charge in [0.25, 0.3) is 0 Å². The van der Waals surface area contributed by atoms with Crippen LogP contribution in [0.5, 0.6) is 11.5 Å². The van der Waals surface area contributed by atoms with Crippen molar-refractivity contribution < 1.29 is 15.4 Å². The Kier molecular flexibility index (Phi) is 5.22. The van der Waals surface area contributed by atoms with E-state index in [9.17, 15) is 0 Å². The van der Waals surface area contributed by atoms with Gasteiger partial charge in [-0.1, -0.05) is 6.07 Å². The third-order valence-corrected chi connectivity index (χ3v) is 1.57. The van der Waals surface area contributed by atoms with Crippen molar-refractivity contribution in [3.8, 4) is 11.5 Å². The molecule has 1 rings (SSSR count). The topological polar surface area (TPSA) is 72.7 Å². The van der Waals surface area contributed by atoms with Gasteiger partial charge in [-0.2, -0.15) is 0 Å². The highest BCUT2D eigenvalue weighted by molar-refractivity contribution is 5.85. The van der Waals surface area contributed by atoms with Crippen molar-refractivity contribution in [3.05, 3.63) is 23.8 Å². The van der Waals surface area contributed by atoms with E-state index < -0.39 is 0 Å². The first-order chi connectivity index (χ1) is 5.74. The van der Waals surface area contributed by atoms with Crippen LogP contribution in [-0.2, 0) is 6.42 Å². The second kappa shape index (κ2) is 5.64. The van der Waals surface area contributed by atoms with E-state index in [0.29, 0.717) is 13.0 Å². The molecule has 0 bridgehead atoms. The van der Waals surface area contributed by atoms with Gasteiger partial charge in [0.05, 0.1) is 0 Å². The number of phenolic OH excluding ortho intramolecular Hbond substituents is 2. The molecular weight excluding hydrogens is 194 g/mol. The first kappa shape index (κ1) is 12.0. The summed E-state index contributed by atoms with van der Waals surface area (Å²) < 4.78 is 0. The highest BCUT2D eigenvalue weighted by Gasteiger charge is 1.99. The summed E-state index contributed by atoms with van der Waals surface area (Å²) in [5.74, 6) is -0.263. The minimum Gasteiger partial charge on any atom is -0.504 e. The second-order valence-electron chi connectivity index (χ2n) is 2.48. The van der Waals surface area contributed by atoms with Crippen molar-refractivity contribution in [1.29, 1.82) is 0 Å². The molecular formula is C8H12ClNO3. The van der Waals surface area contributed by atoms with E-state index in [4.69, 9.17) is 15.4 Å². The molecule has 0 atom stereocenters. The lowest BCUT2D eigenvalue weighted by molar-refractivity contribution is 0.168. The zero-order valence-electron chi connectivity index (χ0n) is 6.90. The molecule has 0 aliphatic carbocycles. The van der Waals surface area contributed by atoms with Gasteiger partial charge in [0.1, 0.15) is 0 Å². The van der Waals surface area contributed by atoms with Gasteiger partial charge in [-0.15, -0.1) is 12.4 Å². The van der Waals surface area contributed by atoms with Crippen LogP contribution in [0.15, 0.2) is 18.2 Å². The molecule has 0 aliphatic heterocycles. The van der Waals surface area contributed by atoms with Gasteiger partial charge in [0.2, 0.25) is 0 Å². The number of hydrogen-bond acceptors (Lipinski definition) is 4. The van der Waals surface area contributed by atoms with Crippen LogP contribution in [0.4, 0.5) is 0 Å². The maximum Gasteiger partial charge on any atom is 0.157 e. The largest absolute Gasteiger partial charge is 0.504 e. The maximum absolute atomic E-state index is 9.07. The number of halogens is 1. The molecule has 0 heterocycles. The van der Waals surface area contributed by atoms with Crippen LogP contribution in [0.25, 0.3) is 0 Å². The number of phenols is 2. The first-order valence-electron chi connectivity index (χ1n) is 3.62. The third kappa shape index (κ3) is 3.50. The first-order valence-corrected chi connectivity index (χ1v) is 3.62. The predicted molar refractivity (Wildman–Crippen MR) is 50.5 cm³/mol. The maximum atomic E-state index is 9.07. The van der Waals surface area contributed by atoms with Crippen LogP contribution in [0, 0.1) is 0 Å². The Morgan fingerprint density at radius 3 is 2.38 bits per heavy atom. The number of hydrogen-bond donors (Lipinski definition) is 4. The van der Waals surface area contributed by atoms with Crippen molar-refractivity contribution in [2.75, 3.05) is 6.54 Å². The zero-order chi connectivity index (χ0) is 8.97. The van der Waals surface area contributed by atoms with Crippen molar-refractivity contribution in [3.63, 3.8) is 0 Å². The van der Waals surface area contributed by atoms with Crippen LogP contribution >= 0.6 is 12.4 Å². The number of aromatic hydroxyl groups is 2. The van der Waals surface area contributed by atoms with Crippen LogP contribution in [0.1, 0.15) is 5.56 Å². The summed E-state index contributed by atoms with van der Waals surface area (Å²) in [6.45, 7) is 0.421. The van der Waals surface area contributed by atoms with Crippen LogP contribution in [0.2, 0.25) is 0 Å². The molecule has 1 aromatic rings. The van der Waals surface area contributed by atoms with Crippen molar-refractivity contribution in [2.24, 2.45) is 0 Å². The van der Waals surface area contributed by atoms with Crippen molar-refractivity contribution in [1.82, 2.24) is 5.48 Å². The minimum absolute atomic E-state index is 0. The lowest BCUT2D eigenvalue weighted by atomic mass is 10.1. The average molecular weight is 206 g/mol. The Hall–Kier alpha value is -0.970. The summed E-state index contributed by atoms with van der Waals surface area (Å²) in [4.78, 5) is 0. The number of rotatable bonds is 3. The fraction of sp³-hybridized carbons (Fsp3) is 0.250. The zero-order valence-corrected chi connectivity index (χ0v) is 7.71. The lowest BCUT2D eigenvalue weighted by Crippen LogP contribution is -2.10. The fourth-order valence-corrected chi connectivity index (χ4v) is 0.925. The number of nitrogens with one attached hydrogen (secondary N) is 1. The summed E-state index contributed by atoms with van der Waals surface area (Å²) in [5, 5.41) is 26.3. The highest BCUT2D eigenvalue weighted by atomic mass is 35.5. The summed E-state index contributed by atoms with van der Waals surface area (Å²) in [5.41, 5.74) is 2.86. The molecule has 0 fully saturated rings. The summed E-state index contributed by atoms with van der Waals surface area (Å²) >= 11 is 0. The van der Waals surface area contributed by atoms with Crippen molar-refractivity contribution in [2.45, 2.75) is 6.42 Å². The van der Waals surface area contributed by atoms with Gasteiger partial charge in [0, 0.05) is 6.54 Å². The molecule has 4 nitrogen and oxygen atoms in total. The molecule has 0 saturated heterocycles. The number of benzene rings is 1. The second-order valence-corrected chi connectivity index (χ2v) is 2.48. The Balaban J connectivity index is 0.00000144. The average Bonchev–Trinajstić information content (AvgIpc) is 2.07. The van der Waals surface area contributed by atoms with Crippen LogP contribution < -0.4 is 5.48 Å². The van der Waals surface area contributed by atoms with Gasteiger partial charge in [-0.3, -0.25) is 0 Å². The van der Waals surface area contributed by atoms with E-state index >= 15 is 0 Å². The summed E-state index contributed by atoms with van der Waals surface area (Å²) in [6, 6.07) is 4.57. The van der Waals surface area contributed by atoms with E-state index in [1.54, 1.807) is 6.07 Å². The van der Waals surface area contributed by atoms with Crippen LogP contribution in [-0.4, -0.2) is 22.0 Å². The highest BCUT2D eigenvalue weighted by Crippen LogP contribution is 2.24. The van der Waals surface area contributed by atoms with Crippen LogP contribution in [0.3, 0.4) is 0 Å². The number of hydroxylamine groups is 1. The molecule has 0 amide bonds. The standard InChI is InChI=1S/C8H11NO3.ClH/c10-7-2-1-6(3-4-9-12)5-8(7)11;/h1-2,5,9-12H,3-4H2;1H. The molecule has 13 heavy (non-hydrogen) atoms. The molecule has 0 radical (unpaired) electrons. The Bertz CT molecular complexity index is 268. The van der Waals surface area contributed by atoms with E-state index in [-0.39, 0.29) is 23.9 Å². The smallest absolute Gasteiger partial charge is 0.157 e. The van der Waals surface area contributed by atoms with Gasteiger partial charge in [-0.25, -0.2) is 5.48 Å². The van der Waals surface area contributed by atoms with Gasteiger partial charge >= 0.3 is 0 Å². The molecule has 0 saturated carbocycles. The SMILES string of the molecule is Cl.ONCCc1ccc(O)c(O)c1. The van der Waals surface area contributed by atoms with Crippen molar-refractivity contribution >= 4 is 12.4 Å². The summed E-state index contributed by atoms with van der Waals surface area (Å²) in [7, 11) is 0. The van der Waals surface area contributed by atoms with E-state index in [1.807, 2.05) is 5.48 Å². The molecule has 0 unspecified atom stereocenters. The normalized spacial score (nSPS) is 9.31. The van der Waals surface area contributed by atoms with E-state index in [1.165, 1.54) is 12.1 Å². The molecule has 0 aromatic heterocycles. The summed E-state index contributed by atoms with van der Waals surface area (Å²) in [6.07, 6.45) is 0.602.